The van der Waals surface area contributed by atoms with Gasteiger partial charge in [0.25, 0.3) is 0 Å². The zero-order valence-electron chi connectivity index (χ0n) is 11.4. The monoisotopic (exact) mass is 243 g/mol. The Balaban J connectivity index is 2.25. The highest BCUT2D eigenvalue weighted by atomic mass is 15.1. The van der Waals surface area contributed by atoms with Crippen LogP contribution in [0.15, 0.2) is 24.4 Å². The number of rotatable bonds is 4. The summed E-state index contributed by atoms with van der Waals surface area (Å²) in [5.41, 5.74) is 10.6. The molecule has 0 aliphatic carbocycles. The summed E-state index contributed by atoms with van der Waals surface area (Å²) in [7, 11) is 0. The lowest BCUT2D eigenvalue weighted by atomic mass is 10.1. The molecule has 2 rings (SSSR count). The molecule has 2 aromatic rings. The van der Waals surface area contributed by atoms with Crippen molar-refractivity contribution in [2.75, 3.05) is 6.54 Å². The lowest BCUT2D eigenvalue weighted by Crippen LogP contribution is -2.03. The molecule has 2 N–H and O–H groups in total. The van der Waals surface area contributed by atoms with E-state index in [1.807, 2.05) is 6.92 Å². The van der Waals surface area contributed by atoms with Crippen LogP contribution in [0.5, 0.6) is 0 Å². The van der Waals surface area contributed by atoms with Crippen LogP contribution in [-0.4, -0.2) is 16.1 Å². The van der Waals surface area contributed by atoms with Crippen LogP contribution in [0.25, 0.3) is 0 Å². The maximum Gasteiger partial charge on any atom is 0.106 e. The summed E-state index contributed by atoms with van der Waals surface area (Å²) in [6, 6.07) is 6.58. The summed E-state index contributed by atoms with van der Waals surface area (Å²) < 4.78 is 2.20. The van der Waals surface area contributed by atoms with Gasteiger partial charge in [0.1, 0.15) is 5.82 Å². The number of nitrogens with zero attached hydrogens (tertiary/aromatic N) is 2. The number of hydrogen-bond acceptors (Lipinski definition) is 2. The van der Waals surface area contributed by atoms with Crippen molar-refractivity contribution in [1.82, 2.24) is 9.55 Å². The highest BCUT2D eigenvalue weighted by molar-refractivity contribution is 5.31. The first-order valence-electron chi connectivity index (χ1n) is 6.39. The number of benzene rings is 1. The van der Waals surface area contributed by atoms with E-state index in [0.717, 1.165) is 24.5 Å². The van der Waals surface area contributed by atoms with Gasteiger partial charge in [0.05, 0.1) is 5.69 Å². The molecule has 0 atom stereocenters. The number of aryl methyl sites for hydroxylation is 3. The maximum atomic E-state index is 5.57. The van der Waals surface area contributed by atoms with Gasteiger partial charge in [-0.1, -0.05) is 23.8 Å². The molecule has 0 spiro atoms. The van der Waals surface area contributed by atoms with Crippen molar-refractivity contribution in [1.29, 1.82) is 0 Å². The number of nitrogens with two attached hydrogens (primary N) is 1. The molecule has 0 saturated heterocycles. The Morgan fingerprint density at radius 3 is 2.72 bits per heavy atom. The Morgan fingerprint density at radius 1 is 1.22 bits per heavy atom. The van der Waals surface area contributed by atoms with Crippen LogP contribution in [0.2, 0.25) is 0 Å². The lowest BCUT2D eigenvalue weighted by Gasteiger charge is -2.09. The van der Waals surface area contributed by atoms with Crippen LogP contribution in [0.3, 0.4) is 0 Å². The molecule has 1 heterocycles. The molecule has 0 fully saturated rings. The van der Waals surface area contributed by atoms with Crippen LogP contribution in [-0.2, 0) is 13.0 Å². The molecule has 1 aromatic heterocycles. The fourth-order valence-corrected chi connectivity index (χ4v) is 2.16. The third kappa shape index (κ3) is 2.79. The van der Waals surface area contributed by atoms with Crippen molar-refractivity contribution in [3.63, 3.8) is 0 Å². The third-order valence-electron chi connectivity index (χ3n) is 3.27. The second kappa shape index (κ2) is 5.36. The minimum absolute atomic E-state index is 0.653. The molecule has 3 nitrogen and oxygen atoms in total. The summed E-state index contributed by atoms with van der Waals surface area (Å²) in [5.74, 6) is 1.05. The van der Waals surface area contributed by atoms with E-state index in [9.17, 15) is 0 Å². The quantitative estimate of drug-likeness (QED) is 0.896. The molecule has 0 radical (unpaired) electrons. The SMILES string of the molecule is Cc1ccc(C)c(Cn2cc(CCN)nc2C)c1. The van der Waals surface area contributed by atoms with Gasteiger partial charge in [-0.3, -0.25) is 0 Å². The molecule has 0 unspecified atom stereocenters. The Labute approximate surface area is 109 Å². The van der Waals surface area contributed by atoms with Crippen LogP contribution in [0.4, 0.5) is 0 Å². The van der Waals surface area contributed by atoms with E-state index in [1.54, 1.807) is 0 Å². The van der Waals surface area contributed by atoms with Gasteiger partial charge in [0.2, 0.25) is 0 Å². The smallest absolute Gasteiger partial charge is 0.106 e. The summed E-state index contributed by atoms with van der Waals surface area (Å²) >= 11 is 0. The largest absolute Gasteiger partial charge is 0.330 e. The Morgan fingerprint density at radius 2 is 2.00 bits per heavy atom. The van der Waals surface area contributed by atoms with Crippen molar-refractivity contribution in [3.05, 3.63) is 52.6 Å². The Hall–Kier alpha value is -1.61. The predicted octanol–water partition coefficient (Wildman–Crippen LogP) is 2.36. The van der Waals surface area contributed by atoms with Gasteiger partial charge in [-0.25, -0.2) is 4.98 Å². The van der Waals surface area contributed by atoms with E-state index in [-0.39, 0.29) is 0 Å². The summed E-state index contributed by atoms with van der Waals surface area (Å²) in [5, 5.41) is 0. The van der Waals surface area contributed by atoms with Gasteiger partial charge in [0.15, 0.2) is 0 Å². The fraction of sp³-hybridized carbons (Fsp3) is 0.400. The van der Waals surface area contributed by atoms with Crippen molar-refractivity contribution < 1.29 is 0 Å². The van der Waals surface area contributed by atoms with Crippen LogP contribution in [0, 0.1) is 20.8 Å². The van der Waals surface area contributed by atoms with Crippen molar-refractivity contribution in [2.24, 2.45) is 5.73 Å². The molecule has 0 saturated carbocycles. The average Bonchev–Trinajstić information content (AvgIpc) is 2.65. The zero-order valence-corrected chi connectivity index (χ0v) is 11.4. The second-order valence-electron chi connectivity index (χ2n) is 4.88. The highest BCUT2D eigenvalue weighted by Crippen LogP contribution is 2.14. The molecule has 1 aromatic carbocycles. The van der Waals surface area contributed by atoms with Gasteiger partial charge in [-0.2, -0.15) is 0 Å². The minimum Gasteiger partial charge on any atom is -0.330 e. The van der Waals surface area contributed by atoms with Crippen LogP contribution in [0.1, 0.15) is 28.2 Å². The van der Waals surface area contributed by atoms with Gasteiger partial charge in [0, 0.05) is 19.2 Å². The molecule has 0 bridgehead atoms. The number of aromatic nitrogens is 2. The van der Waals surface area contributed by atoms with Crippen molar-refractivity contribution in [2.45, 2.75) is 33.7 Å². The average molecular weight is 243 g/mol. The molecule has 0 aliphatic heterocycles. The van der Waals surface area contributed by atoms with E-state index < -0.39 is 0 Å². The van der Waals surface area contributed by atoms with E-state index in [2.05, 4.69) is 47.8 Å². The molecule has 96 valence electrons. The topological polar surface area (TPSA) is 43.8 Å². The first-order valence-corrected chi connectivity index (χ1v) is 6.39. The van der Waals surface area contributed by atoms with Crippen molar-refractivity contribution in [3.8, 4) is 0 Å². The van der Waals surface area contributed by atoms with E-state index in [4.69, 9.17) is 5.73 Å². The van der Waals surface area contributed by atoms with Crippen molar-refractivity contribution >= 4 is 0 Å². The van der Waals surface area contributed by atoms with E-state index in [0.29, 0.717) is 6.54 Å². The summed E-state index contributed by atoms with van der Waals surface area (Å²) in [6.07, 6.45) is 2.96. The van der Waals surface area contributed by atoms with Crippen LogP contribution < -0.4 is 5.73 Å². The Kier molecular flexibility index (Phi) is 3.82. The van der Waals surface area contributed by atoms with Gasteiger partial charge >= 0.3 is 0 Å². The summed E-state index contributed by atoms with van der Waals surface area (Å²) in [4.78, 5) is 4.53. The summed E-state index contributed by atoms with van der Waals surface area (Å²) in [6.45, 7) is 7.87. The standard InChI is InChI=1S/C15H21N3/c1-11-4-5-12(2)14(8-11)9-18-10-15(6-7-16)17-13(18)3/h4-5,8,10H,6-7,9,16H2,1-3H3. The molecule has 0 aliphatic rings. The van der Waals surface area contributed by atoms with E-state index >= 15 is 0 Å². The fourth-order valence-electron chi connectivity index (χ4n) is 2.16. The first kappa shape index (κ1) is 12.8. The number of imidazole rings is 1. The van der Waals surface area contributed by atoms with Gasteiger partial charge < -0.3 is 10.3 Å². The zero-order chi connectivity index (χ0) is 13.1. The molecule has 18 heavy (non-hydrogen) atoms. The Bertz CT molecular complexity index is 541. The lowest BCUT2D eigenvalue weighted by molar-refractivity contribution is 0.756. The maximum absolute atomic E-state index is 5.57. The van der Waals surface area contributed by atoms with Gasteiger partial charge in [-0.05, 0) is 38.4 Å². The molecule has 3 heteroatoms. The highest BCUT2D eigenvalue weighted by Gasteiger charge is 2.06. The normalized spacial score (nSPS) is 10.9. The van der Waals surface area contributed by atoms with E-state index in [1.165, 1.54) is 16.7 Å². The van der Waals surface area contributed by atoms with Gasteiger partial charge in [-0.15, -0.1) is 0 Å². The van der Waals surface area contributed by atoms with Crippen LogP contribution >= 0.6 is 0 Å². The molecular weight excluding hydrogens is 222 g/mol. The molecular formula is C15H21N3. The number of hydrogen-bond donors (Lipinski definition) is 1. The second-order valence-corrected chi connectivity index (χ2v) is 4.88. The predicted molar refractivity (Wildman–Crippen MR) is 74.7 cm³/mol. The first-order chi connectivity index (χ1) is 8.60. The third-order valence-corrected chi connectivity index (χ3v) is 3.27. The molecule has 0 amide bonds. The minimum atomic E-state index is 0.653.